The number of nitrogens with one attached hydrogen (secondary N) is 1. The maximum Gasteiger partial charge on any atom is 0.224 e. The van der Waals surface area contributed by atoms with Crippen molar-refractivity contribution >= 4 is 5.91 Å². The molecule has 2 fully saturated rings. The van der Waals surface area contributed by atoms with E-state index in [9.17, 15) is 9.90 Å². The van der Waals surface area contributed by atoms with Crippen molar-refractivity contribution < 1.29 is 9.90 Å². The van der Waals surface area contributed by atoms with Crippen LogP contribution in [0, 0.1) is 19.8 Å². The SMILES string of the molecule is Cc1ccc(C)c([C@H](O)CN2CCC[C@@H](C(=O)NC3CC3)C2)c1. The molecule has 1 aromatic rings. The van der Waals surface area contributed by atoms with Crippen molar-refractivity contribution in [2.45, 2.75) is 51.7 Å². The van der Waals surface area contributed by atoms with Gasteiger partial charge in [0.2, 0.25) is 5.91 Å². The second kappa shape index (κ2) is 7.02. The zero-order valence-corrected chi connectivity index (χ0v) is 14.2. The average molecular weight is 316 g/mol. The molecule has 23 heavy (non-hydrogen) atoms. The molecule has 1 heterocycles. The van der Waals surface area contributed by atoms with Crippen molar-refractivity contribution in [3.05, 3.63) is 34.9 Å². The Morgan fingerprint density at radius 2 is 2.13 bits per heavy atom. The van der Waals surface area contributed by atoms with Gasteiger partial charge < -0.3 is 10.4 Å². The molecule has 0 bridgehead atoms. The number of likely N-dealkylation sites (tertiary alicyclic amines) is 1. The standard InChI is InChI=1S/C19H28N2O2/c1-13-5-6-14(2)17(10-13)18(22)12-21-9-3-4-15(11-21)19(23)20-16-7-8-16/h5-6,10,15-16,18,22H,3-4,7-9,11-12H2,1-2H3,(H,20,23)/t15-,18-/m1/s1. The largest absolute Gasteiger partial charge is 0.387 e. The van der Waals surface area contributed by atoms with Crippen molar-refractivity contribution in [3.8, 4) is 0 Å². The second-order valence-corrected chi connectivity index (χ2v) is 7.26. The number of aryl methyl sites for hydroxylation is 2. The average Bonchev–Trinajstić information content (AvgIpc) is 3.34. The number of piperidine rings is 1. The molecule has 1 aliphatic heterocycles. The summed E-state index contributed by atoms with van der Waals surface area (Å²) in [5.41, 5.74) is 3.31. The molecule has 2 atom stereocenters. The van der Waals surface area contributed by atoms with Crippen LogP contribution in [0.4, 0.5) is 0 Å². The predicted octanol–water partition coefficient (Wildman–Crippen LogP) is 2.33. The number of carbonyl (C=O) groups is 1. The highest BCUT2D eigenvalue weighted by Crippen LogP contribution is 2.25. The van der Waals surface area contributed by atoms with E-state index in [1.165, 1.54) is 5.56 Å². The molecule has 0 unspecified atom stereocenters. The monoisotopic (exact) mass is 316 g/mol. The van der Waals surface area contributed by atoms with Gasteiger partial charge in [-0.2, -0.15) is 0 Å². The van der Waals surface area contributed by atoms with Crippen molar-refractivity contribution in [3.63, 3.8) is 0 Å². The summed E-state index contributed by atoms with van der Waals surface area (Å²) in [7, 11) is 0. The fourth-order valence-corrected chi connectivity index (χ4v) is 3.44. The topological polar surface area (TPSA) is 52.6 Å². The highest BCUT2D eigenvalue weighted by molar-refractivity contribution is 5.79. The summed E-state index contributed by atoms with van der Waals surface area (Å²) < 4.78 is 0. The number of aliphatic hydroxyl groups is 1. The van der Waals surface area contributed by atoms with E-state index in [4.69, 9.17) is 0 Å². The first-order valence-corrected chi connectivity index (χ1v) is 8.81. The fraction of sp³-hybridized carbons (Fsp3) is 0.632. The molecule has 0 spiro atoms. The number of benzene rings is 1. The van der Waals surface area contributed by atoms with Crippen LogP contribution in [0.5, 0.6) is 0 Å². The van der Waals surface area contributed by atoms with E-state index in [1.807, 2.05) is 6.92 Å². The summed E-state index contributed by atoms with van der Waals surface area (Å²) in [5.74, 6) is 0.286. The fourth-order valence-electron chi connectivity index (χ4n) is 3.44. The number of rotatable bonds is 5. The minimum absolute atomic E-state index is 0.0788. The normalized spacial score (nSPS) is 23.5. The lowest BCUT2D eigenvalue weighted by molar-refractivity contribution is -0.127. The third-order valence-corrected chi connectivity index (χ3v) is 5.02. The van der Waals surface area contributed by atoms with Crippen LogP contribution in [-0.2, 0) is 4.79 Å². The molecule has 126 valence electrons. The number of aliphatic hydroxyl groups excluding tert-OH is 1. The molecular weight excluding hydrogens is 288 g/mol. The van der Waals surface area contributed by atoms with Crippen molar-refractivity contribution in [2.75, 3.05) is 19.6 Å². The first-order valence-electron chi connectivity index (χ1n) is 8.81. The van der Waals surface area contributed by atoms with Gasteiger partial charge in [0.15, 0.2) is 0 Å². The first-order chi connectivity index (χ1) is 11.0. The van der Waals surface area contributed by atoms with E-state index in [-0.39, 0.29) is 11.8 Å². The summed E-state index contributed by atoms with van der Waals surface area (Å²) in [4.78, 5) is 14.5. The number of amides is 1. The van der Waals surface area contributed by atoms with Gasteiger partial charge in [0.1, 0.15) is 0 Å². The lowest BCUT2D eigenvalue weighted by Gasteiger charge is -2.33. The minimum atomic E-state index is -0.486. The molecule has 4 heteroatoms. The van der Waals surface area contributed by atoms with E-state index in [2.05, 4.69) is 35.3 Å². The quantitative estimate of drug-likeness (QED) is 0.876. The third kappa shape index (κ3) is 4.33. The van der Waals surface area contributed by atoms with Gasteiger partial charge in [0, 0.05) is 19.1 Å². The summed E-state index contributed by atoms with van der Waals surface area (Å²) in [5, 5.41) is 13.7. The second-order valence-electron chi connectivity index (χ2n) is 7.26. The number of hydrogen-bond acceptors (Lipinski definition) is 3. The molecule has 4 nitrogen and oxygen atoms in total. The van der Waals surface area contributed by atoms with Gasteiger partial charge in [-0.3, -0.25) is 9.69 Å². The number of carbonyl (C=O) groups excluding carboxylic acids is 1. The Labute approximate surface area is 138 Å². The van der Waals surface area contributed by atoms with Gasteiger partial charge in [0.05, 0.1) is 12.0 Å². The van der Waals surface area contributed by atoms with Gasteiger partial charge in [-0.05, 0) is 57.2 Å². The van der Waals surface area contributed by atoms with Crippen LogP contribution in [0.1, 0.15) is 48.5 Å². The summed E-state index contributed by atoms with van der Waals surface area (Å²) >= 11 is 0. The van der Waals surface area contributed by atoms with Gasteiger partial charge in [0.25, 0.3) is 0 Å². The van der Waals surface area contributed by atoms with Gasteiger partial charge in [-0.25, -0.2) is 0 Å². The lowest BCUT2D eigenvalue weighted by atomic mass is 9.95. The minimum Gasteiger partial charge on any atom is -0.387 e. The summed E-state index contributed by atoms with van der Waals surface area (Å²) in [6, 6.07) is 6.64. The number of β-amino-alcohol motifs (C(OH)–C–C–N with tert-alkyl or cyclic N) is 1. The van der Waals surface area contributed by atoms with Crippen LogP contribution in [0.25, 0.3) is 0 Å². The highest BCUT2D eigenvalue weighted by Gasteiger charge is 2.31. The van der Waals surface area contributed by atoms with Crippen LogP contribution < -0.4 is 5.32 Å². The molecule has 3 rings (SSSR count). The van der Waals surface area contributed by atoms with Crippen LogP contribution in [0.2, 0.25) is 0 Å². The summed E-state index contributed by atoms with van der Waals surface area (Å²) in [6.45, 7) is 6.43. The molecular formula is C19H28N2O2. The number of nitrogens with zero attached hydrogens (tertiary/aromatic N) is 1. The Balaban J connectivity index is 1.58. The zero-order chi connectivity index (χ0) is 16.4. The molecule has 1 saturated carbocycles. The zero-order valence-electron chi connectivity index (χ0n) is 14.2. The molecule has 2 aliphatic rings. The van der Waals surface area contributed by atoms with Crippen molar-refractivity contribution in [2.24, 2.45) is 5.92 Å². The van der Waals surface area contributed by atoms with E-state index >= 15 is 0 Å². The van der Waals surface area contributed by atoms with Crippen molar-refractivity contribution in [1.82, 2.24) is 10.2 Å². The Hall–Kier alpha value is -1.39. The molecule has 1 saturated heterocycles. The van der Waals surface area contributed by atoms with Gasteiger partial charge in [-0.15, -0.1) is 0 Å². The molecule has 1 amide bonds. The van der Waals surface area contributed by atoms with E-state index < -0.39 is 6.10 Å². The predicted molar refractivity (Wildman–Crippen MR) is 91.2 cm³/mol. The number of hydrogen-bond donors (Lipinski definition) is 2. The molecule has 2 N–H and O–H groups in total. The molecule has 0 radical (unpaired) electrons. The Bertz CT molecular complexity index is 568. The summed E-state index contributed by atoms with van der Waals surface area (Å²) in [6.07, 6.45) is 3.78. The smallest absolute Gasteiger partial charge is 0.224 e. The van der Waals surface area contributed by atoms with Crippen LogP contribution in [0.15, 0.2) is 18.2 Å². The molecule has 1 aromatic carbocycles. The Morgan fingerprint density at radius 1 is 1.35 bits per heavy atom. The van der Waals surface area contributed by atoms with Crippen LogP contribution in [0.3, 0.4) is 0 Å². The van der Waals surface area contributed by atoms with Crippen molar-refractivity contribution in [1.29, 1.82) is 0 Å². The third-order valence-electron chi connectivity index (χ3n) is 5.02. The highest BCUT2D eigenvalue weighted by atomic mass is 16.3. The van der Waals surface area contributed by atoms with E-state index in [1.54, 1.807) is 0 Å². The Morgan fingerprint density at radius 3 is 2.87 bits per heavy atom. The van der Waals surface area contributed by atoms with E-state index in [0.717, 1.165) is 49.9 Å². The van der Waals surface area contributed by atoms with Gasteiger partial charge in [-0.1, -0.05) is 23.8 Å². The maximum absolute atomic E-state index is 12.2. The first kappa shape index (κ1) is 16.5. The van der Waals surface area contributed by atoms with Crippen LogP contribution in [-0.4, -0.2) is 41.6 Å². The van der Waals surface area contributed by atoms with Gasteiger partial charge >= 0.3 is 0 Å². The van der Waals surface area contributed by atoms with Crippen LogP contribution >= 0.6 is 0 Å². The maximum atomic E-state index is 12.2. The van der Waals surface area contributed by atoms with E-state index in [0.29, 0.717) is 12.6 Å². The Kier molecular flexibility index (Phi) is 5.02. The molecule has 0 aromatic heterocycles. The molecule has 1 aliphatic carbocycles. The lowest BCUT2D eigenvalue weighted by Crippen LogP contribution is -2.44.